The zero-order chi connectivity index (χ0) is 19.1. The Balaban J connectivity index is 2.03. The molecule has 0 bridgehead atoms. The molecule has 0 radical (unpaired) electrons. The van der Waals surface area contributed by atoms with E-state index in [1.165, 1.54) is 6.92 Å². The van der Waals surface area contributed by atoms with Gasteiger partial charge in [0.15, 0.2) is 0 Å². The topological polar surface area (TPSA) is 84.9 Å². The Bertz CT molecular complexity index is 620. The van der Waals surface area contributed by atoms with Crippen LogP contribution in [0, 0.1) is 5.92 Å². The molecular weight excluding hydrogens is 334 g/mol. The predicted molar refractivity (Wildman–Crippen MR) is 96.6 cm³/mol. The van der Waals surface area contributed by atoms with Crippen LogP contribution in [0.15, 0.2) is 11.1 Å². The van der Waals surface area contributed by atoms with Crippen molar-refractivity contribution >= 4 is 11.7 Å². The summed E-state index contributed by atoms with van der Waals surface area (Å²) in [5.41, 5.74) is -0.0233. The lowest BCUT2D eigenvalue weighted by Gasteiger charge is -2.54. The van der Waals surface area contributed by atoms with Crippen LogP contribution in [0.25, 0.3) is 0 Å². The highest BCUT2D eigenvalue weighted by Gasteiger charge is 2.56. The number of rotatable bonds is 4. The molecule has 1 fully saturated rings. The van der Waals surface area contributed by atoms with Crippen molar-refractivity contribution < 1.29 is 24.2 Å². The number of carbonyl (C=O) groups excluding carboxylic acids is 2. The van der Waals surface area contributed by atoms with Crippen molar-refractivity contribution in [2.24, 2.45) is 5.92 Å². The van der Waals surface area contributed by atoms with Crippen molar-refractivity contribution in [2.75, 3.05) is 14.2 Å². The average molecular weight is 365 g/mol. The molecule has 6 nitrogen and oxygen atoms in total. The molecule has 1 saturated carbocycles. The number of Topliss-reactive ketones (excluding diaryl/α,β-unsaturated/α-hetero) is 1. The van der Waals surface area contributed by atoms with E-state index in [0.717, 1.165) is 30.4 Å². The van der Waals surface area contributed by atoms with Crippen LogP contribution in [0.4, 0.5) is 0 Å². The number of amides is 1. The van der Waals surface area contributed by atoms with E-state index < -0.39 is 17.1 Å². The maximum atomic E-state index is 12.8. The molecule has 3 aliphatic rings. The Hall–Kier alpha value is -1.24. The first-order valence-corrected chi connectivity index (χ1v) is 9.58. The highest BCUT2D eigenvalue weighted by Crippen LogP contribution is 2.49. The Morgan fingerprint density at radius 1 is 1.15 bits per heavy atom. The zero-order valence-corrected chi connectivity index (χ0v) is 16.3. The van der Waals surface area contributed by atoms with Crippen LogP contribution in [0.5, 0.6) is 0 Å². The Kier molecular flexibility index (Phi) is 5.30. The van der Waals surface area contributed by atoms with Crippen molar-refractivity contribution in [2.45, 2.75) is 82.1 Å². The average Bonchev–Trinajstić information content (AvgIpc) is 2.61. The van der Waals surface area contributed by atoms with Gasteiger partial charge in [0, 0.05) is 14.2 Å². The molecule has 0 saturated heterocycles. The fourth-order valence-corrected chi connectivity index (χ4v) is 5.16. The molecule has 1 amide bonds. The number of carbonyl (C=O) groups is 2. The Morgan fingerprint density at radius 3 is 2.31 bits per heavy atom. The third-order valence-electron chi connectivity index (χ3n) is 6.91. The van der Waals surface area contributed by atoms with E-state index in [1.807, 2.05) is 6.92 Å². The summed E-state index contributed by atoms with van der Waals surface area (Å²) < 4.78 is 11.0. The molecular formula is C20H31NO5. The van der Waals surface area contributed by atoms with Crippen LogP contribution < -0.4 is 5.32 Å². The van der Waals surface area contributed by atoms with Gasteiger partial charge in [0.2, 0.25) is 5.91 Å². The molecule has 3 atom stereocenters. The van der Waals surface area contributed by atoms with E-state index in [4.69, 9.17) is 9.47 Å². The second-order valence-electron chi connectivity index (χ2n) is 8.23. The molecule has 3 rings (SSSR count). The summed E-state index contributed by atoms with van der Waals surface area (Å²) in [5, 5.41) is 14.6. The van der Waals surface area contributed by atoms with Gasteiger partial charge in [0.05, 0.1) is 23.3 Å². The molecule has 1 heterocycles. The second-order valence-corrected chi connectivity index (χ2v) is 8.23. The number of ether oxygens (including phenoxy) is 2. The first kappa shape index (κ1) is 19.5. The molecule has 1 aliphatic heterocycles. The molecule has 2 aliphatic carbocycles. The van der Waals surface area contributed by atoms with Gasteiger partial charge < -0.3 is 19.9 Å². The van der Waals surface area contributed by atoms with Gasteiger partial charge in [-0.05, 0) is 69.9 Å². The molecule has 0 aromatic heterocycles. The van der Waals surface area contributed by atoms with Crippen molar-refractivity contribution in [1.82, 2.24) is 5.32 Å². The lowest BCUT2D eigenvalue weighted by atomic mass is 9.61. The predicted octanol–water partition coefficient (Wildman–Crippen LogP) is 1.90. The standard InChI is InChI=1S/C20H31NO5/c1-12(22)17-15-6-5-14(26-4)11-16(15)19(2,21-18(17)23)20(24)9-7-13(25-3)8-10-20/h13-14,17,24H,5-11H2,1-4H3,(H,21,23). The first-order valence-electron chi connectivity index (χ1n) is 9.58. The SMILES string of the molecule is COC1CCC(O)(C2(C)NC(=O)C(C(C)=O)C3=C2CC(OC)CC3)CC1. The monoisotopic (exact) mass is 365 g/mol. The summed E-state index contributed by atoms with van der Waals surface area (Å²) in [5.74, 6) is -1.14. The highest BCUT2D eigenvalue weighted by atomic mass is 16.5. The quantitative estimate of drug-likeness (QED) is 0.587. The largest absolute Gasteiger partial charge is 0.387 e. The Morgan fingerprint density at radius 2 is 1.77 bits per heavy atom. The van der Waals surface area contributed by atoms with Gasteiger partial charge in [-0.15, -0.1) is 0 Å². The second kappa shape index (κ2) is 7.06. The third kappa shape index (κ3) is 3.02. The minimum Gasteiger partial charge on any atom is -0.387 e. The number of methoxy groups -OCH3 is 2. The van der Waals surface area contributed by atoms with E-state index in [0.29, 0.717) is 25.7 Å². The van der Waals surface area contributed by atoms with Crippen LogP contribution in [0.3, 0.4) is 0 Å². The fraction of sp³-hybridized carbons (Fsp3) is 0.800. The minimum absolute atomic E-state index is 0.0506. The van der Waals surface area contributed by atoms with Crippen LogP contribution in [-0.2, 0) is 19.1 Å². The van der Waals surface area contributed by atoms with Gasteiger partial charge >= 0.3 is 0 Å². The molecule has 6 heteroatoms. The normalized spacial score (nSPS) is 40.8. The van der Waals surface area contributed by atoms with Crippen molar-refractivity contribution in [3.05, 3.63) is 11.1 Å². The highest BCUT2D eigenvalue weighted by molar-refractivity contribution is 6.05. The maximum Gasteiger partial charge on any atom is 0.235 e. The van der Waals surface area contributed by atoms with Gasteiger partial charge in [-0.2, -0.15) is 0 Å². The fourth-order valence-electron chi connectivity index (χ4n) is 5.16. The van der Waals surface area contributed by atoms with Crippen LogP contribution in [-0.4, -0.2) is 54.4 Å². The number of hydrogen-bond donors (Lipinski definition) is 2. The van der Waals surface area contributed by atoms with Crippen LogP contribution in [0.1, 0.15) is 58.8 Å². The van der Waals surface area contributed by atoms with Crippen molar-refractivity contribution in [3.8, 4) is 0 Å². The van der Waals surface area contributed by atoms with Crippen molar-refractivity contribution in [1.29, 1.82) is 0 Å². The molecule has 146 valence electrons. The summed E-state index contributed by atoms with van der Waals surface area (Å²) >= 11 is 0. The molecule has 0 aromatic rings. The van der Waals surface area contributed by atoms with E-state index in [1.54, 1.807) is 14.2 Å². The van der Waals surface area contributed by atoms with Gasteiger partial charge in [0.25, 0.3) is 0 Å². The lowest BCUT2D eigenvalue weighted by Crippen LogP contribution is -2.69. The maximum absolute atomic E-state index is 12.8. The summed E-state index contributed by atoms with van der Waals surface area (Å²) in [6.07, 6.45) is 4.93. The number of ketones is 1. The summed E-state index contributed by atoms with van der Waals surface area (Å²) in [6.45, 7) is 3.39. The smallest absolute Gasteiger partial charge is 0.235 e. The van der Waals surface area contributed by atoms with E-state index in [9.17, 15) is 14.7 Å². The van der Waals surface area contributed by atoms with Crippen LogP contribution in [0.2, 0.25) is 0 Å². The van der Waals surface area contributed by atoms with E-state index >= 15 is 0 Å². The third-order valence-corrected chi connectivity index (χ3v) is 6.91. The summed E-state index contributed by atoms with van der Waals surface area (Å²) in [4.78, 5) is 25.0. The van der Waals surface area contributed by atoms with Crippen molar-refractivity contribution in [3.63, 3.8) is 0 Å². The lowest BCUT2D eigenvalue weighted by molar-refractivity contribution is -0.140. The minimum atomic E-state index is -1.05. The molecule has 2 N–H and O–H groups in total. The molecule has 3 unspecified atom stereocenters. The molecule has 0 spiro atoms. The van der Waals surface area contributed by atoms with Gasteiger partial charge in [0.1, 0.15) is 11.7 Å². The van der Waals surface area contributed by atoms with E-state index in [-0.39, 0.29) is 23.9 Å². The number of hydrogen-bond acceptors (Lipinski definition) is 5. The molecule has 26 heavy (non-hydrogen) atoms. The van der Waals surface area contributed by atoms with Gasteiger partial charge in [-0.25, -0.2) is 0 Å². The Labute approximate surface area is 155 Å². The number of aliphatic hydroxyl groups is 1. The van der Waals surface area contributed by atoms with E-state index in [2.05, 4.69) is 5.32 Å². The van der Waals surface area contributed by atoms with Gasteiger partial charge in [-0.3, -0.25) is 9.59 Å². The molecule has 0 aromatic carbocycles. The first-order chi connectivity index (χ1) is 12.3. The summed E-state index contributed by atoms with van der Waals surface area (Å²) in [7, 11) is 3.39. The number of nitrogens with one attached hydrogen (secondary N) is 1. The van der Waals surface area contributed by atoms with Gasteiger partial charge in [-0.1, -0.05) is 0 Å². The summed E-state index contributed by atoms with van der Waals surface area (Å²) in [6, 6.07) is 0. The van der Waals surface area contributed by atoms with Crippen LogP contribution >= 0.6 is 0 Å². The zero-order valence-electron chi connectivity index (χ0n) is 16.3.